The van der Waals surface area contributed by atoms with Gasteiger partial charge in [-0.05, 0) is 31.5 Å². The standard InChI is InChI=1S/C20H24N2O2.ClH/c1-21-17-11-13-22(14-12-17)20(23)15-24-19-10-6-5-9-18(19)16-7-3-2-4-8-16;/h2-10,17,21H,11-15H2,1H3;1H. The predicted octanol–water partition coefficient (Wildman–Crippen LogP) is 3.36. The first-order valence-corrected chi connectivity index (χ1v) is 8.50. The van der Waals surface area contributed by atoms with E-state index in [1.807, 2.05) is 66.5 Å². The maximum Gasteiger partial charge on any atom is 0.260 e. The monoisotopic (exact) mass is 360 g/mol. The van der Waals surface area contributed by atoms with E-state index in [1.165, 1.54) is 0 Å². The number of benzene rings is 2. The van der Waals surface area contributed by atoms with Crippen LogP contribution >= 0.6 is 12.4 Å². The zero-order valence-corrected chi connectivity index (χ0v) is 15.3. The zero-order valence-electron chi connectivity index (χ0n) is 14.5. The molecule has 1 amide bonds. The number of carbonyl (C=O) groups excluding carboxylic acids is 1. The van der Waals surface area contributed by atoms with Gasteiger partial charge in [0, 0.05) is 24.7 Å². The number of ether oxygens (including phenoxy) is 1. The van der Waals surface area contributed by atoms with E-state index < -0.39 is 0 Å². The number of amides is 1. The van der Waals surface area contributed by atoms with Crippen molar-refractivity contribution in [1.82, 2.24) is 10.2 Å². The smallest absolute Gasteiger partial charge is 0.260 e. The molecule has 5 heteroatoms. The summed E-state index contributed by atoms with van der Waals surface area (Å²) in [7, 11) is 1.98. The molecule has 2 aromatic rings. The summed E-state index contributed by atoms with van der Waals surface area (Å²) in [5.41, 5.74) is 2.11. The van der Waals surface area contributed by atoms with Crippen LogP contribution in [0.5, 0.6) is 5.75 Å². The molecule has 25 heavy (non-hydrogen) atoms. The molecule has 0 bridgehead atoms. The van der Waals surface area contributed by atoms with Crippen LogP contribution in [0.15, 0.2) is 54.6 Å². The lowest BCUT2D eigenvalue weighted by Gasteiger charge is -2.31. The molecule has 0 aliphatic carbocycles. The molecular weight excluding hydrogens is 336 g/mol. The quantitative estimate of drug-likeness (QED) is 0.888. The number of hydrogen-bond acceptors (Lipinski definition) is 3. The summed E-state index contributed by atoms with van der Waals surface area (Å²) < 4.78 is 5.85. The normalized spacial score (nSPS) is 14.7. The molecule has 1 heterocycles. The van der Waals surface area contributed by atoms with Gasteiger partial charge in [0.25, 0.3) is 5.91 Å². The molecule has 1 saturated heterocycles. The second-order valence-electron chi connectivity index (χ2n) is 6.09. The molecular formula is C20H25ClN2O2. The lowest BCUT2D eigenvalue weighted by Crippen LogP contribution is -2.45. The minimum atomic E-state index is 0. The van der Waals surface area contributed by atoms with Crippen molar-refractivity contribution in [3.63, 3.8) is 0 Å². The van der Waals surface area contributed by atoms with Crippen molar-refractivity contribution in [2.75, 3.05) is 26.7 Å². The fourth-order valence-electron chi connectivity index (χ4n) is 3.10. The highest BCUT2D eigenvalue weighted by Crippen LogP contribution is 2.29. The van der Waals surface area contributed by atoms with Crippen LogP contribution in [0.4, 0.5) is 0 Å². The van der Waals surface area contributed by atoms with Crippen LogP contribution in [0.3, 0.4) is 0 Å². The molecule has 0 radical (unpaired) electrons. The number of rotatable bonds is 5. The molecule has 0 spiro atoms. The van der Waals surface area contributed by atoms with Crippen LogP contribution in [0, 0.1) is 0 Å². The zero-order chi connectivity index (χ0) is 16.8. The highest BCUT2D eigenvalue weighted by atomic mass is 35.5. The highest BCUT2D eigenvalue weighted by molar-refractivity contribution is 5.85. The number of para-hydroxylation sites is 1. The summed E-state index contributed by atoms with van der Waals surface area (Å²) in [6.45, 7) is 1.69. The van der Waals surface area contributed by atoms with Gasteiger partial charge in [0.15, 0.2) is 6.61 Å². The van der Waals surface area contributed by atoms with Crippen LogP contribution in [0.2, 0.25) is 0 Å². The molecule has 4 nitrogen and oxygen atoms in total. The van der Waals surface area contributed by atoms with E-state index in [4.69, 9.17) is 4.74 Å². The summed E-state index contributed by atoms with van der Waals surface area (Å²) in [4.78, 5) is 14.3. The van der Waals surface area contributed by atoms with E-state index in [1.54, 1.807) is 0 Å². The summed E-state index contributed by atoms with van der Waals surface area (Å²) in [6.07, 6.45) is 2.01. The van der Waals surface area contributed by atoms with E-state index in [0.29, 0.717) is 6.04 Å². The Labute approximate surface area is 155 Å². The third-order valence-corrected chi connectivity index (χ3v) is 4.58. The number of likely N-dealkylation sites (tertiary alicyclic amines) is 1. The molecule has 1 aliphatic heterocycles. The van der Waals surface area contributed by atoms with Gasteiger partial charge in [0.1, 0.15) is 5.75 Å². The molecule has 134 valence electrons. The second-order valence-corrected chi connectivity index (χ2v) is 6.09. The summed E-state index contributed by atoms with van der Waals surface area (Å²) >= 11 is 0. The Balaban J connectivity index is 0.00000225. The van der Waals surface area contributed by atoms with E-state index >= 15 is 0 Å². The van der Waals surface area contributed by atoms with Gasteiger partial charge >= 0.3 is 0 Å². The van der Waals surface area contributed by atoms with Gasteiger partial charge in [0.2, 0.25) is 0 Å². The van der Waals surface area contributed by atoms with E-state index in [0.717, 1.165) is 42.8 Å². The van der Waals surface area contributed by atoms with Crippen LogP contribution in [-0.4, -0.2) is 43.6 Å². The van der Waals surface area contributed by atoms with Crippen LogP contribution in [0.1, 0.15) is 12.8 Å². The van der Waals surface area contributed by atoms with Gasteiger partial charge < -0.3 is 15.0 Å². The summed E-state index contributed by atoms with van der Waals surface area (Å²) in [5, 5.41) is 3.28. The van der Waals surface area contributed by atoms with Gasteiger partial charge in [-0.3, -0.25) is 4.79 Å². The molecule has 3 rings (SSSR count). The Morgan fingerprint density at radius 3 is 2.40 bits per heavy atom. The Kier molecular flexibility index (Phi) is 7.29. The predicted molar refractivity (Wildman–Crippen MR) is 103 cm³/mol. The average Bonchev–Trinajstić information content (AvgIpc) is 2.67. The van der Waals surface area contributed by atoms with Crippen molar-refractivity contribution >= 4 is 18.3 Å². The van der Waals surface area contributed by atoms with E-state index in [-0.39, 0.29) is 24.9 Å². The lowest BCUT2D eigenvalue weighted by atomic mass is 10.0. The molecule has 0 aromatic heterocycles. The van der Waals surface area contributed by atoms with E-state index in [9.17, 15) is 4.79 Å². The largest absolute Gasteiger partial charge is 0.483 e. The van der Waals surface area contributed by atoms with Crippen molar-refractivity contribution in [3.05, 3.63) is 54.6 Å². The minimum absolute atomic E-state index is 0. The molecule has 0 saturated carbocycles. The Morgan fingerprint density at radius 1 is 1.08 bits per heavy atom. The minimum Gasteiger partial charge on any atom is -0.483 e. The topological polar surface area (TPSA) is 41.6 Å². The number of piperidine rings is 1. The van der Waals surface area contributed by atoms with Crippen LogP contribution in [-0.2, 0) is 4.79 Å². The third kappa shape index (κ3) is 4.97. The van der Waals surface area contributed by atoms with Gasteiger partial charge in [-0.2, -0.15) is 0 Å². The Bertz CT molecular complexity index is 670. The molecule has 1 fully saturated rings. The number of nitrogens with zero attached hydrogens (tertiary/aromatic N) is 1. The maximum atomic E-state index is 12.4. The van der Waals surface area contributed by atoms with Crippen LogP contribution < -0.4 is 10.1 Å². The number of hydrogen-bond donors (Lipinski definition) is 1. The fraction of sp³-hybridized carbons (Fsp3) is 0.350. The second kappa shape index (κ2) is 9.44. The first-order chi connectivity index (χ1) is 11.8. The third-order valence-electron chi connectivity index (χ3n) is 4.58. The Hall–Kier alpha value is -2.04. The van der Waals surface area contributed by atoms with Crippen molar-refractivity contribution in [1.29, 1.82) is 0 Å². The highest BCUT2D eigenvalue weighted by Gasteiger charge is 2.22. The fourth-order valence-corrected chi connectivity index (χ4v) is 3.10. The molecule has 1 aliphatic rings. The molecule has 0 unspecified atom stereocenters. The number of carbonyl (C=O) groups is 1. The van der Waals surface area contributed by atoms with Crippen molar-refractivity contribution in [2.45, 2.75) is 18.9 Å². The first-order valence-electron chi connectivity index (χ1n) is 8.50. The number of nitrogens with one attached hydrogen (secondary N) is 1. The maximum absolute atomic E-state index is 12.4. The first kappa shape index (κ1) is 19.3. The number of halogens is 1. The molecule has 0 atom stereocenters. The molecule has 1 N–H and O–H groups in total. The Morgan fingerprint density at radius 2 is 1.72 bits per heavy atom. The summed E-state index contributed by atoms with van der Waals surface area (Å²) in [5.74, 6) is 0.814. The average molecular weight is 361 g/mol. The van der Waals surface area contributed by atoms with Crippen molar-refractivity contribution in [2.24, 2.45) is 0 Å². The van der Waals surface area contributed by atoms with Gasteiger partial charge in [-0.25, -0.2) is 0 Å². The van der Waals surface area contributed by atoms with Gasteiger partial charge in [0.05, 0.1) is 0 Å². The van der Waals surface area contributed by atoms with Crippen molar-refractivity contribution < 1.29 is 9.53 Å². The van der Waals surface area contributed by atoms with E-state index in [2.05, 4.69) is 5.32 Å². The van der Waals surface area contributed by atoms with Crippen LogP contribution in [0.25, 0.3) is 11.1 Å². The summed E-state index contributed by atoms with van der Waals surface area (Å²) in [6, 6.07) is 18.5. The van der Waals surface area contributed by atoms with Crippen molar-refractivity contribution in [3.8, 4) is 16.9 Å². The van der Waals surface area contributed by atoms with Gasteiger partial charge in [-0.1, -0.05) is 48.5 Å². The SMILES string of the molecule is CNC1CCN(C(=O)COc2ccccc2-c2ccccc2)CC1.Cl. The lowest BCUT2D eigenvalue weighted by molar-refractivity contribution is -0.134. The van der Waals surface area contributed by atoms with Gasteiger partial charge in [-0.15, -0.1) is 12.4 Å². The molecule has 2 aromatic carbocycles.